The number of benzene rings is 2. The average molecular weight is 439 g/mol. The second-order valence-corrected chi connectivity index (χ2v) is 9.76. The van der Waals surface area contributed by atoms with Crippen molar-refractivity contribution in [3.63, 3.8) is 0 Å². The summed E-state index contributed by atoms with van der Waals surface area (Å²) in [5.41, 5.74) is 2.90. The lowest BCUT2D eigenvalue weighted by molar-refractivity contribution is 0.0460. The third-order valence-electron chi connectivity index (χ3n) is 7.18. The quantitative estimate of drug-likeness (QED) is 0.321. The van der Waals surface area contributed by atoms with Crippen molar-refractivity contribution in [3.05, 3.63) is 53.8 Å². The first-order valence-corrected chi connectivity index (χ1v) is 13.2. The summed E-state index contributed by atoms with van der Waals surface area (Å²) in [6.45, 7) is 6.72. The Kier molecular flexibility index (Phi) is 10.1. The van der Waals surface area contributed by atoms with Crippen LogP contribution in [0.4, 0.5) is 4.39 Å². The Morgan fingerprint density at radius 2 is 1.62 bits per heavy atom. The van der Waals surface area contributed by atoms with Crippen LogP contribution in [0, 0.1) is 17.7 Å². The molecular formula is C30H43FO. The highest BCUT2D eigenvalue weighted by Gasteiger charge is 2.32. The highest BCUT2D eigenvalue weighted by molar-refractivity contribution is 5.65. The second kappa shape index (κ2) is 13.0. The number of unbranched alkanes of at least 4 members (excludes halogenated alkanes) is 1. The minimum absolute atomic E-state index is 0.186. The van der Waals surface area contributed by atoms with Gasteiger partial charge in [-0.1, -0.05) is 90.0 Å². The summed E-state index contributed by atoms with van der Waals surface area (Å²) in [6, 6.07) is 13.8. The third-order valence-corrected chi connectivity index (χ3v) is 7.18. The van der Waals surface area contributed by atoms with E-state index in [1.54, 1.807) is 6.07 Å². The van der Waals surface area contributed by atoms with E-state index < -0.39 is 0 Å². The average Bonchev–Trinajstić information content (AvgIpc) is 2.82. The van der Waals surface area contributed by atoms with Gasteiger partial charge in [-0.2, -0.15) is 0 Å². The van der Waals surface area contributed by atoms with Crippen molar-refractivity contribution in [1.82, 2.24) is 0 Å². The first kappa shape index (κ1) is 24.8. The van der Waals surface area contributed by atoms with Crippen LogP contribution in [0.25, 0.3) is 11.1 Å². The Morgan fingerprint density at radius 1 is 0.875 bits per heavy atom. The molecule has 2 unspecified atom stereocenters. The van der Waals surface area contributed by atoms with Crippen molar-refractivity contribution in [3.8, 4) is 16.9 Å². The van der Waals surface area contributed by atoms with Gasteiger partial charge in [0.25, 0.3) is 0 Å². The van der Waals surface area contributed by atoms with Crippen LogP contribution in [0.15, 0.2) is 42.5 Å². The molecule has 2 heteroatoms. The fourth-order valence-electron chi connectivity index (χ4n) is 5.45. The number of rotatable bonds is 12. The largest absolute Gasteiger partial charge is 0.490 e. The highest BCUT2D eigenvalue weighted by Crippen LogP contribution is 2.37. The fourth-order valence-corrected chi connectivity index (χ4v) is 5.45. The van der Waals surface area contributed by atoms with Crippen LogP contribution in [0.5, 0.6) is 5.75 Å². The summed E-state index contributed by atoms with van der Waals surface area (Å²) in [4.78, 5) is 0. The van der Waals surface area contributed by atoms with Crippen LogP contribution >= 0.6 is 0 Å². The van der Waals surface area contributed by atoms with Gasteiger partial charge in [0.15, 0.2) is 0 Å². The number of aryl methyl sites for hydroxylation is 1. The fraction of sp³-hybridized carbons (Fsp3) is 0.600. The summed E-state index contributed by atoms with van der Waals surface area (Å²) < 4.78 is 21.8. The molecule has 1 fully saturated rings. The highest BCUT2D eigenvalue weighted by atomic mass is 19.1. The molecule has 0 heterocycles. The lowest BCUT2D eigenvalue weighted by Gasteiger charge is -2.36. The van der Waals surface area contributed by atoms with Gasteiger partial charge < -0.3 is 4.74 Å². The Bertz CT molecular complexity index is 791. The molecule has 1 nitrogen and oxygen atoms in total. The van der Waals surface area contributed by atoms with Crippen molar-refractivity contribution in [2.24, 2.45) is 11.8 Å². The molecule has 0 radical (unpaired) electrons. The lowest BCUT2D eigenvalue weighted by Crippen LogP contribution is -2.36. The number of ether oxygens (including phenoxy) is 1. The Labute approximate surface area is 195 Å². The second-order valence-electron chi connectivity index (χ2n) is 9.76. The van der Waals surface area contributed by atoms with Gasteiger partial charge in [-0.05, 0) is 67.2 Å². The van der Waals surface area contributed by atoms with Crippen molar-refractivity contribution >= 4 is 0 Å². The molecule has 3 rings (SSSR count). The molecule has 2 atom stereocenters. The first-order chi connectivity index (χ1) is 15.7. The molecule has 0 N–H and O–H groups in total. The van der Waals surface area contributed by atoms with E-state index in [1.165, 1.54) is 69.8 Å². The molecule has 2 aromatic carbocycles. The normalized spacial score (nSPS) is 16.6. The van der Waals surface area contributed by atoms with E-state index in [4.69, 9.17) is 4.74 Å². The molecule has 0 spiro atoms. The monoisotopic (exact) mass is 438 g/mol. The first-order valence-electron chi connectivity index (χ1n) is 13.2. The van der Waals surface area contributed by atoms with Crippen LogP contribution in [0.2, 0.25) is 0 Å². The van der Waals surface area contributed by atoms with Gasteiger partial charge in [0, 0.05) is 11.6 Å². The van der Waals surface area contributed by atoms with Gasteiger partial charge in [0.05, 0.1) is 0 Å². The summed E-state index contributed by atoms with van der Waals surface area (Å²) >= 11 is 0. The minimum Gasteiger partial charge on any atom is -0.490 e. The maximum atomic E-state index is 15.1. The van der Waals surface area contributed by atoms with Gasteiger partial charge in [-0.15, -0.1) is 0 Å². The van der Waals surface area contributed by atoms with Crippen molar-refractivity contribution in [1.29, 1.82) is 0 Å². The standard InChI is InChI=1S/C30H43FO/c1-4-7-13-25(12-6-3)30(26-14-9-8-10-15-26)32-27-20-21-28(29(31)22-27)24-18-16-23(11-5-2)17-19-24/h16-22,25-26,30H,4-15H2,1-3H3. The zero-order valence-electron chi connectivity index (χ0n) is 20.5. The molecule has 0 bridgehead atoms. The molecule has 0 aliphatic heterocycles. The zero-order valence-corrected chi connectivity index (χ0v) is 20.5. The SMILES string of the molecule is CCCCC(CCC)C(Oc1ccc(-c2ccc(CCC)cc2)c(F)c1)C1CCCCC1. The number of hydrogen-bond acceptors (Lipinski definition) is 1. The molecule has 1 aliphatic carbocycles. The van der Waals surface area contributed by atoms with E-state index >= 15 is 4.39 Å². The van der Waals surface area contributed by atoms with E-state index in [0.29, 0.717) is 23.1 Å². The Morgan fingerprint density at radius 3 is 2.25 bits per heavy atom. The van der Waals surface area contributed by atoms with Gasteiger partial charge in [-0.3, -0.25) is 0 Å². The van der Waals surface area contributed by atoms with Gasteiger partial charge >= 0.3 is 0 Å². The topological polar surface area (TPSA) is 9.23 Å². The van der Waals surface area contributed by atoms with Crippen LogP contribution < -0.4 is 4.74 Å². The van der Waals surface area contributed by atoms with Crippen LogP contribution in [0.1, 0.15) is 97.0 Å². The molecule has 176 valence electrons. The van der Waals surface area contributed by atoms with E-state index in [9.17, 15) is 0 Å². The minimum atomic E-state index is -0.186. The maximum Gasteiger partial charge on any atom is 0.134 e. The molecule has 0 saturated heterocycles. The van der Waals surface area contributed by atoms with Crippen LogP contribution in [-0.4, -0.2) is 6.10 Å². The lowest BCUT2D eigenvalue weighted by atomic mass is 9.77. The summed E-state index contributed by atoms with van der Waals surface area (Å²) in [6.07, 6.45) is 14.9. The molecule has 0 amide bonds. The zero-order chi connectivity index (χ0) is 22.8. The van der Waals surface area contributed by atoms with Gasteiger partial charge in [0.2, 0.25) is 0 Å². The summed E-state index contributed by atoms with van der Waals surface area (Å²) in [5, 5.41) is 0. The summed E-state index contributed by atoms with van der Waals surface area (Å²) in [7, 11) is 0. The Hall–Kier alpha value is -1.83. The van der Waals surface area contributed by atoms with Gasteiger partial charge in [-0.25, -0.2) is 4.39 Å². The maximum absolute atomic E-state index is 15.1. The van der Waals surface area contributed by atoms with E-state index in [1.807, 2.05) is 24.3 Å². The molecule has 2 aromatic rings. The molecule has 1 aliphatic rings. The molecular weight excluding hydrogens is 395 g/mol. The van der Waals surface area contributed by atoms with Gasteiger partial charge in [0.1, 0.15) is 17.7 Å². The van der Waals surface area contributed by atoms with Crippen LogP contribution in [-0.2, 0) is 6.42 Å². The predicted octanol–water partition coefficient (Wildman–Crippen LogP) is 9.38. The molecule has 0 aromatic heterocycles. The van der Waals surface area contributed by atoms with E-state index in [2.05, 4.69) is 32.9 Å². The molecule has 32 heavy (non-hydrogen) atoms. The van der Waals surface area contributed by atoms with Crippen molar-refractivity contribution in [2.75, 3.05) is 0 Å². The number of halogens is 1. The van der Waals surface area contributed by atoms with Crippen LogP contribution in [0.3, 0.4) is 0 Å². The third kappa shape index (κ3) is 6.83. The van der Waals surface area contributed by atoms with Crippen molar-refractivity contribution in [2.45, 2.75) is 104 Å². The van der Waals surface area contributed by atoms with E-state index in [-0.39, 0.29) is 11.9 Å². The summed E-state index contributed by atoms with van der Waals surface area (Å²) in [5.74, 6) is 1.68. The Balaban J connectivity index is 1.79. The van der Waals surface area contributed by atoms with Crippen molar-refractivity contribution < 1.29 is 9.13 Å². The predicted molar refractivity (Wildman–Crippen MR) is 135 cm³/mol. The van der Waals surface area contributed by atoms with E-state index in [0.717, 1.165) is 18.4 Å². The number of hydrogen-bond donors (Lipinski definition) is 0. The molecule has 1 saturated carbocycles. The smallest absolute Gasteiger partial charge is 0.134 e.